The maximum Gasteiger partial charge on any atom is 0.253 e. The molecule has 0 aliphatic carbocycles. The van der Waals surface area contributed by atoms with Crippen molar-refractivity contribution in [1.29, 1.82) is 0 Å². The number of carbonyl (C=O) groups is 2. The Kier molecular flexibility index (Phi) is 7.83. The lowest BCUT2D eigenvalue weighted by atomic mass is 10.0. The predicted octanol–water partition coefficient (Wildman–Crippen LogP) is 4.59. The average molecular weight is 477 g/mol. The Morgan fingerprint density at radius 3 is 2.21 bits per heavy atom. The van der Waals surface area contributed by atoms with Gasteiger partial charge >= 0.3 is 0 Å². The first kappa shape index (κ1) is 23.8. The highest BCUT2D eigenvalue weighted by molar-refractivity contribution is 6.33. The van der Waals surface area contributed by atoms with E-state index in [1.165, 1.54) is 0 Å². The van der Waals surface area contributed by atoms with Gasteiger partial charge < -0.3 is 20.4 Å². The highest BCUT2D eigenvalue weighted by Gasteiger charge is 2.21. The first-order valence-electron chi connectivity index (χ1n) is 11.4. The van der Waals surface area contributed by atoms with Crippen LogP contribution in [0.1, 0.15) is 28.4 Å². The van der Waals surface area contributed by atoms with Crippen LogP contribution in [0.3, 0.4) is 0 Å². The SMILES string of the molecule is CN1CCN(c2ccc(NC(=O)CC(NC(=O)c3ccccc3Cl)c3ccccc3)cc2)CC1. The Balaban J connectivity index is 1.41. The molecule has 1 unspecified atom stereocenters. The molecule has 3 aromatic rings. The van der Waals surface area contributed by atoms with Crippen molar-refractivity contribution in [2.45, 2.75) is 12.5 Å². The Morgan fingerprint density at radius 2 is 1.53 bits per heavy atom. The molecule has 0 saturated carbocycles. The molecule has 1 aliphatic rings. The smallest absolute Gasteiger partial charge is 0.253 e. The summed E-state index contributed by atoms with van der Waals surface area (Å²) in [5.74, 6) is -0.496. The number of anilines is 2. The molecule has 1 heterocycles. The summed E-state index contributed by atoms with van der Waals surface area (Å²) in [6.45, 7) is 4.07. The van der Waals surface area contributed by atoms with Crippen LogP contribution >= 0.6 is 11.6 Å². The number of nitrogens with zero attached hydrogens (tertiary/aromatic N) is 2. The molecule has 176 valence electrons. The largest absolute Gasteiger partial charge is 0.369 e. The third-order valence-electron chi connectivity index (χ3n) is 6.03. The van der Waals surface area contributed by atoms with Crippen LogP contribution in [0.5, 0.6) is 0 Å². The average Bonchev–Trinajstić information content (AvgIpc) is 2.85. The number of benzene rings is 3. The lowest BCUT2D eigenvalue weighted by Gasteiger charge is -2.34. The highest BCUT2D eigenvalue weighted by atomic mass is 35.5. The van der Waals surface area contributed by atoms with E-state index in [2.05, 4.69) is 27.5 Å². The molecule has 3 aromatic carbocycles. The summed E-state index contributed by atoms with van der Waals surface area (Å²) in [4.78, 5) is 30.4. The summed E-state index contributed by atoms with van der Waals surface area (Å²) in [6, 6.07) is 23.8. The number of nitrogens with one attached hydrogen (secondary N) is 2. The van der Waals surface area contributed by atoms with Gasteiger partial charge in [-0.25, -0.2) is 0 Å². The third kappa shape index (κ3) is 6.16. The molecule has 0 aromatic heterocycles. The van der Waals surface area contributed by atoms with Crippen LogP contribution < -0.4 is 15.5 Å². The number of carbonyl (C=O) groups excluding carboxylic acids is 2. The van der Waals surface area contributed by atoms with E-state index in [0.717, 1.165) is 43.1 Å². The van der Waals surface area contributed by atoms with Crippen LogP contribution in [0.25, 0.3) is 0 Å². The summed E-state index contributed by atoms with van der Waals surface area (Å²) in [6.07, 6.45) is 0.0976. The first-order valence-corrected chi connectivity index (χ1v) is 11.8. The molecule has 1 saturated heterocycles. The molecular weight excluding hydrogens is 448 g/mol. The molecule has 4 rings (SSSR count). The number of hydrogen-bond acceptors (Lipinski definition) is 4. The van der Waals surface area contributed by atoms with E-state index in [1.54, 1.807) is 24.3 Å². The molecule has 2 amide bonds. The Bertz CT molecular complexity index is 1110. The highest BCUT2D eigenvalue weighted by Crippen LogP contribution is 2.23. The summed E-state index contributed by atoms with van der Waals surface area (Å²) in [5, 5.41) is 6.30. The van der Waals surface area contributed by atoms with E-state index in [1.807, 2.05) is 54.6 Å². The fourth-order valence-electron chi connectivity index (χ4n) is 4.04. The van der Waals surface area contributed by atoms with E-state index < -0.39 is 6.04 Å². The van der Waals surface area contributed by atoms with Gasteiger partial charge in [-0.1, -0.05) is 54.1 Å². The van der Waals surface area contributed by atoms with Crippen molar-refractivity contribution < 1.29 is 9.59 Å². The number of halogens is 1. The minimum Gasteiger partial charge on any atom is -0.369 e. The molecule has 2 N–H and O–H groups in total. The van der Waals surface area contributed by atoms with Gasteiger partial charge in [-0.15, -0.1) is 0 Å². The molecule has 0 radical (unpaired) electrons. The van der Waals surface area contributed by atoms with Crippen molar-refractivity contribution in [3.05, 3.63) is 95.0 Å². The normalized spacial score (nSPS) is 14.9. The van der Waals surface area contributed by atoms with Crippen LogP contribution in [0, 0.1) is 0 Å². The number of hydrogen-bond donors (Lipinski definition) is 2. The van der Waals surface area contributed by atoms with E-state index in [4.69, 9.17) is 11.6 Å². The van der Waals surface area contributed by atoms with Crippen LogP contribution in [0.2, 0.25) is 5.02 Å². The molecule has 0 bridgehead atoms. The lowest BCUT2D eigenvalue weighted by Crippen LogP contribution is -2.44. The Labute approximate surface area is 205 Å². The van der Waals surface area contributed by atoms with E-state index >= 15 is 0 Å². The van der Waals surface area contributed by atoms with Gasteiger partial charge in [0.25, 0.3) is 5.91 Å². The van der Waals surface area contributed by atoms with Gasteiger partial charge in [0.15, 0.2) is 0 Å². The van der Waals surface area contributed by atoms with Crippen LogP contribution in [0.15, 0.2) is 78.9 Å². The van der Waals surface area contributed by atoms with Crippen molar-refractivity contribution in [2.75, 3.05) is 43.4 Å². The Morgan fingerprint density at radius 1 is 0.882 bits per heavy atom. The lowest BCUT2D eigenvalue weighted by molar-refractivity contribution is -0.116. The summed E-state index contributed by atoms with van der Waals surface area (Å²) >= 11 is 6.19. The molecule has 1 aliphatic heterocycles. The monoisotopic (exact) mass is 476 g/mol. The quantitative estimate of drug-likeness (QED) is 0.523. The van der Waals surface area contributed by atoms with E-state index in [0.29, 0.717) is 10.6 Å². The van der Waals surface area contributed by atoms with E-state index in [-0.39, 0.29) is 18.2 Å². The van der Waals surface area contributed by atoms with Crippen molar-refractivity contribution in [3.63, 3.8) is 0 Å². The van der Waals surface area contributed by atoms with Crippen LogP contribution in [-0.4, -0.2) is 49.9 Å². The van der Waals surface area contributed by atoms with Gasteiger partial charge in [0.05, 0.1) is 23.0 Å². The summed E-state index contributed by atoms with van der Waals surface area (Å²) in [5.41, 5.74) is 3.11. The van der Waals surface area contributed by atoms with Gasteiger partial charge in [-0.3, -0.25) is 9.59 Å². The second-order valence-electron chi connectivity index (χ2n) is 8.51. The first-order chi connectivity index (χ1) is 16.5. The van der Waals surface area contributed by atoms with Crippen LogP contribution in [0.4, 0.5) is 11.4 Å². The summed E-state index contributed by atoms with van der Waals surface area (Å²) < 4.78 is 0. The van der Waals surface area contributed by atoms with E-state index in [9.17, 15) is 9.59 Å². The fourth-order valence-corrected chi connectivity index (χ4v) is 4.26. The number of amides is 2. The Hall–Kier alpha value is -3.35. The molecular formula is C27H29ClN4O2. The van der Waals surface area contributed by atoms with Gasteiger partial charge in [0.1, 0.15) is 0 Å². The van der Waals surface area contributed by atoms with Crippen molar-refractivity contribution in [3.8, 4) is 0 Å². The third-order valence-corrected chi connectivity index (χ3v) is 6.36. The molecule has 0 spiro atoms. The maximum absolute atomic E-state index is 12.9. The zero-order valence-electron chi connectivity index (χ0n) is 19.2. The molecule has 7 heteroatoms. The van der Waals surface area contributed by atoms with Gasteiger partial charge in [-0.05, 0) is 49.0 Å². The number of likely N-dealkylation sites (N-methyl/N-ethyl adjacent to an activating group) is 1. The molecule has 6 nitrogen and oxygen atoms in total. The van der Waals surface area contributed by atoms with Crippen molar-refractivity contribution in [2.24, 2.45) is 0 Å². The van der Waals surface area contributed by atoms with Gasteiger partial charge in [0, 0.05) is 37.6 Å². The molecule has 1 atom stereocenters. The fraction of sp³-hybridized carbons (Fsp3) is 0.259. The van der Waals surface area contributed by atoms with Crippen molar-refractivity contribution in [1.82, 2.24) is 10.2 Å². The maximum atomic E-state index is 12.9. The van der Waals surface area contributed by atoms with Crippen molar-refractivity contribution >= 4 is 34.8 Å². The minimum absolute atomic E-state index is 0.0976. The predicted molar refractivity (Wildman–Crippen MR) is 137 cm³/mol. The zero-order valence-corrected chi connectivity index (χ0v) is 20.0. The minimum atomic E-state index is -0.491. The van der Waals surface area contributed by atoms with Gasteiger partial charge in [-0.2, -0.15) is 0 Å². The second-order valence-corrected chi connectivity index (χ2v) is 8.91. The standard InChI is InChI=1S/C27H29ClN4O2/c1-31-15-17-32(18-16-31)22-13-11-21(12-14-22)29-26(33)19-25(20-7-3-2-4-8-20)30-27(34)23-9-5-6-10-24(23)28/h2-14,25H,15-19H2,1H3,(H,29,33)(H,30,34). The summed E-state index contributed by atoms with van der Waals surface area (Å²) in [7, 11) is 2.13. The topological polar surface area (TPSA) is 64.7 Å². The molecule has 34 heavy (non-hydrogen) atoms. The van der Waals surface area contributed by atoms with Gasteiger partial charge in [0.2, 0.25) is 5.91 Å². The second kappa shape index (κ2) is 11.2. The molecule has 1 fully saturated rings. The number of rotatable bonds is 7. The zero-order chi connectivity index (χ0) is 23.9. The van der Waals surface area contributed by atoms with Crippen LogP contribution in [-0.2, 0) is 4.79 Å². The number of piperazine rings is 1.